The zero-order chi connectivity index (χ0) is 14.5. The Labute approximate surface area is 122 Å². The molecule has 0 aliphatic rings. The number of nitrogens with one attached hydrogen (secondary N) is 1. The van der Waals surface area contributed by atoms with Gasteiger partial charge in [-0.3, -0.25) is 4.98 Å². The molecule has 0 saturated heterocycles. The number of hydrogen-bond acceptors (Lipinski definition) is 2. The summed E-state index contributed by atoms with van der Waals surface area (Å²) >= 11 is 0. The molecule has 2 aromatic rings. The van der Waals surface area contributed by atoms with Crippen LogP contribution in [0.3, 0.4) is 0 Å². The first kappa shape index (κ1) is 15.0. The maximum Gasteiger partial charge on any atom is 0.0705 e. The fourth-order valence-electron chi connectivity index (χ4n) is 2.94. The van der Waals surface area contributed by atoms with E-state index in [2.05, 4.69) is 69.4 Å². The van der Waals surface area contributed by atoms with Crippen LogP contribution in [0.15, 0.2) is 36.4 Å². The summed E-state index contributed by atoms with van der Waals surface area (Å²) in [5.74, 6) is 1.02. The fourth-order valence-corrected chi connectivity index (χ4v) is 2.94. The largest absolute Gasteiger partial charge is 0.314 e. The quantitative estimate of drug-likeness (QED) is 0.843. The molecule has 0 saturated carbocycles. The minimum absolute atomic E-state index is 0.448. The van der Waals surface area contributed by atoms with Crippen LogP contribution in [0.4, 0.5) is 0 Å². The first-order valence-electron chi connectivity index (χ1n) is 7.72. The Morgan fingerprint density at radius 1 is 1.05 bits per heavy atom. The molecule has 0 fully saturated rings. The number of pyridine rings is 1. The summed E-state index contributed by atoms with van der Waals surface area (Å²) in [7, 11) is 0. The van der Waals surface area contributed by atoms with Gasteiger partial charge in [0.25, 0.3) is 0 Å². The lowest BCUT2D eigenvalue weighted by atomic mass is 9.85. The van der Waals surface area contributed by atoms with E-state index in [4.69, 9.17) is 4.98 Å². The molecule has 2 unspecified atom stereocenters. The van der Waals surface area contributed by atoms with E-state index in [0.717, 1.165) is 12.1 Å². The predicted octanol–water partition coefficient (Wildman–Crippen LogP) is 4.36. The summed E-state index contributed by atoms with van der Waals surface area (Å²) in [6, 6.07) is 13.2. The van der Waals surface area contributed by atoms with Crippen molar-refractivity contribution in [2.24, 2.45) is 5.92 Å². The van der Waals surface area contributed by atoms with Crippen molar-refractivity contribution in [3.63, 3.8) is 0 Å². The second kappa shape index (κ2) is 6.85. The second-order valence-corrected chi connectivity index (χ2v) is 5.94. The zero-order valence-electron chi connectivity index (χ0n) is 13.1. The number of hydrogen-bond donors (Lipinski definition) is 1. The predicted molar refractivity (Wildman–Crippen MR) is 87.1 cm³/mol. The van der Waals surface area contributed by atoms with Gasteiger partial charge in [0, 0.05) is 23.0 Å². The van der Waals surface area contributed by atoms with Crippen molar-refractivity contribution < 1.29 is 0 Å². The number of rotatable bonds is 6. The molecule has 20 heavy (non-hydrogen) atoms. The number of fused-ring (bicyclic) bond motifs is 1. The van der Waals surface area contributed by atoms with Gasteiger partial charge in [-0.1, -0.05) is 45.0 Å². The lowest BCUT2D eigenvalue weighted by Gasteiger charge is -2.28. The first-order chi connectivity index (χ1) is 9.63. The van der Waals surface area contributed by atoms with E-state index in [1.54, 1.807) is 0 Å². The van der Waals surface area contributed by atoms with Gasteiger partial charge in [-0.25, -0.2) is 0 Å². The molecule has 1 N–H and O–H groups in total. The van der Waals surface area contributed by atoms with E-state index in [1.165, 1.54) is 17.5 Å². The van der Waals surface area contributed by atoms with E-state index < -0.39 is 0 Å². The average molecular weight is 270 g/mol. The number of aromatic nitrogens is 1. The number of para-hydroxylation sites is 1. The average Bonchev–Trinajstić information content (AvgIpc) is 2.44. The molecule has 1 aromatic heterocycles. The van der Waals surface area contributed by atoms with Crippen LogP contribution in [0, 0.1) is 5.92 Å². The molecule has 0 radical (unpaired) electrons. The fraction of sp³-hybridized carbons (Fsp3) is 0.500. The van der Waals surface area contributed by atoms with Gasteiger partial charge >= 0.3 is 0 Å². The van der Waals surface area contributed by atoms with Crippen molar-refractivity contribution in [2.45, 2.75) is 46.1 Å². The van der Waals surface area contributed by atoms with Crippen molar-refractivity contribution in [3.8, 4) is 0 Å². The van der Waals surface area contributed by atoms with E-state index in [0.29, 0.717) is 17.9 Å². The molecular formula is C18H26N2. The van der Waals surface area contributed by atoms with Gasteiger partial charge in [0.15, 0.2) is 0 Å². The molecule has 0 aliphatic carbocycles. The maximum absolute atomic E-state index is 4.89. The molecule has 108 valence electrons. The van der Waals surface area contributed by atoms with Gasteiger partial charge < -0.3 is 5.32 Å². The van der Waals surface area contributed by atoms with E-state index >= 15 is 0 Å². The second-order valence-electron chi connectivity index (χ2n) is 5.94. The number of benzene rings is 1. The molecule has 2 rings (SSSR count). The molecule has 0 spiro atoms. The normalized spacial score (nSPS) is 14.7. The van der Waals surface area contributed by atoms with Gasteiger partial charge in [0.05, 0.1) is 5.52 Å². The standard InChI is InChI=1S/C18H26N2/c1-5-12-19-14(4)18(13(2)3)17-11-10-15-8-6-7-9-16(15)20-17/h6-11,13-14,18-19H,5,12H2,1-4H3. The third-order valence-electron chi connectivity index (χ3n) is 3.93. The Morgan fingerprint density at radius 2 is 1.80 bits per heavy atom. The summed E-state index contributed by atoms with van der Waals surface area (Å²) in [5, 5.41) is 4.84. The van der Waals surface area contributed by atoms with Crippen molar-refractivity contribution in [1.82, 2.24) is 10.3 Å². The zero-order valence-corrected chi connectivity index (χ0v) is 13.1. The van der Waals surface area contributed by atoms with Gasteiger partial charge in [-0.15, -0.1) is 0 Å². The van der Waals surface area contributed by atoms with E-state index in [9.17, 15) is 0 Å². The summed E-state index contributed by atoms with van der Waals surface area (Å²) in [5.41, 5.74) is 2.30. The Balaban J connectivity index is 2.31. The van der Waals surface area contributed by atoms with Crippen LogP contribution in [0.25, 0.3) is 10.9 Å². The Bertz CT molecular complexity index is 548. The van der Waals surface area contributed by atoms with E-state index in [-0.39, 0.29) is 0 Å². The van der Waals surface area contributed by atoms with Crippen molar-refractivity contribution in [3.05, 3.63) is 42.1 Å². The highest BCUT2D eigenvalue weighted by Crippen LogP contribution is 2.28. The van der Waals surface area contributed by atoms with E-state index in [1.807, 2.05) is 0 Å². The summed E-state index contributed by atoms with van der Waals surface area (Å²) < 4.78 is 0. The molecule has 2 heteroatoms. The van der Waals surface area contributed by atoms with Crippen molar-refractivity contribution in [2.75, 3.05) is 6.54 Å². The van der Waals surface area contributed by atoms with Crippen LogP contribution < -0.4 is 5.32 Å². The van der Waals surface area contributed by atoms with Gasteiger partial charge in [-0.2, -0.15) is 0 Å². The maximum atomic E-state index is 4.89. The molecule has 0 amide bonds. The Kier molecular flexibility index (Phi) is 5.13. The lowest BCUT2D eigenvalue weighted by Crippen LogP contribution is -2.35. The highest BCUT2D eigenvalue weighted by atomic mass is 14.9. The van der Waals surface area contributed by atoms with Crippen LogP contribution in [-0.2, 0) is 0 Å². The smallest absolute Gasteiger partial charge is 0.0705 e. The van der Waals surface area contributed by atoms with Crippen LogP contribution in [-0.4, -0.2) is 17.6 Å². The Hall–Kier alpha value is -1.41. The summed E-state index contributed by atoms with van der Waals surface area (Å²) in [6.07, 6.45) is 1.17. The van der Waals surface area contributed by atoms with Crippen LogP contribution >= 0.6 is 0 Å². The Morgan fingerprint density at radius 3 is 2.50 bits per heavy atom. The lowest BCUT2D eigenvalue weighted by molar-refractivity contribution is 0.372. The summed E-state index contributed by atoms with van der Waals surface area (Å²) in [6.45, 7) is 10.1. The monoisotopic (exact) mass is 270 g/mol. The highest BCUT2D eigenvalue weighted by molar-refractivity contribution is 5.78. The molecule has 0 bridgehead atoms. The van der Waals surface area contributed by atoms with Crippen molar-refractivity contribution >= 4 is 10.9 Å². The SMILES string of the molecule is CCCNC(C)C(c1ccc2ccccc2n1)C(C)C. The topological polar surface area (TPSA) is 24.9 Å². The molecule has 1 aromatic carbocycles. The first-order valence-corrected chi connectivity index (χ1v) is 7.72. The minimum Gasteiger partial charge on any atom is -0.314 e. The summed E-state index contributed by atoms with van der Waals surface area (Å²) in [4.78, 5) is 4.89. The van der Waals surface area contributed by atoms with Crippen molar-refractivity contribution in [1.29, 1.82) is 0 Å². The van der Waals surface area contributed by atoms with Gasteiger partial charge in [0.1, 0.15) is 0 Å². The number of nitrogens with zero attached hydrogens (tertiary/aromatic N) is 1. The third-order valence-corrected chi connectivity index (χ3v) is 3.93. The van der Waals surface area contributed by atoms with Crippen LogP contribution in [0.1, 0.15) is 45.7 Å². The molecule has 2 atom stereocenters. The molecule has 1 heterocycles. The molecule has 0 aliphatic heterocycles. The highest BCUT2D eigenvalue weighted by Gasteiger charge is 2.23. The molecular weight excluding hydrogens is 244 g/mol. The van der Waals surface area contributed by atoms with Crippen LogP contribution in [0.2, 0.25) is 0 Å². The minimum atomic E-state index is 0.448. The van der Waals surface area contributed by atoms with Crippen LogP contribution in [0.5, 0.6) is 0 Å². The molecule has 2 nitrogen and oxygen atoms in total. The van der Waals surface area contributed by atoms with Gasteiger partial charge in [0.2, 0.25) is 0 Å². The van der Waals surface area contributed by atoms with Gasteiger partial charge in [-0.05, 0) is 37.9 Å². The third kappa shape index (κ3) is 3.37.